The Hall–Kier alpha value is -1.79. The van der Waals surface area contributed by atoms with Crippen molar-refractivity contribution in [2.45, 2.75) is 109 Å². The fourth-order valence-corrected chi connectivity index (χ4v) is 5.14. The number of aliphatic carboxylic acids is 1. The van der Waals surface area contributed by atoms with Crippen molar-refractivity contribution < 1.29 is 19.4 Å². The molecule has 0 saturated heterocycles. The average molecular weight is 465 g/mol. The molecular formula is C25H37ClN2O4. The number of carboxylic acids is 1. The van der Waals surface area contributed by atoms with Crippen molar-refractivity contribution in [3.05, 3.63) is 34.9 Å². The monoisotopic (exact) mass is 464 g/mol. The normalized spacial score (nSPS) is 19.5. The van der Waals surface area contributed by atoms with Crippen LogP contribution >= 0.6 is 11.6 Å². The van der Waals surface area contributed by atoms with E-state index in [1.165, 1.54) is 17.9 Å². The second kappa shape index (κ2) is 10.9. The first-order valence-electron chi connectivity index (χ1n) is 12.0. The van der Waals surface area contributed by atoms with Crippen molar-refractivity contribution in [2.75, 3.05) is 0 Å². The molecule has 2 saturated carbocycles. The number of carbonyl (C=O) groups excluding carboxylic acids is 1. The van der Waals surface area contributed by atoms with Gasteiger partial charge in [0.2, 0.25) is 0 Å². The zero-order valence-corrected chi connectivity index (χ0v) is 20.3. The first-order chi connectivity index (χ1) is 15.2. The maximum atomic E-state index is 13.6. The Labute approximate surface area is 196 Å². The van der Waals surface area contributed by atoms with Gasteiger partial charge in [-0.2, -0.15) is 0 Å². The fourth-order valence-electron chi connectivity index (χ4n) is 5.02. The number of nitrogens with zero attached hydrogens (tertiary/aromatic N) is 2. The van der Waals surface area contributed by atoms with E-state index < -0.39 is 23.7 Å². The third-order valence-corrected chi connectivity index (χ3v) is 6.64. The number of benzene rings is 1. The van der Waals surface area contributed by atoms with Gasteiger partial charge in [0, 0.05) is 17.1 Å². The fraction of sp³-hybridized carbons (Fsp3) is 0.680. The molecule has 2 aliphatic carbocycles. The minimum Gasteiger partial charge on any atom is -0.479 e. The second-order valence-electron chi connectivity index (χ2n) is 10.1. The third-order valence-electron chi connectivity index (χ3n) is 6.39. The maximum absolute atomic E-state index is 13.6. The highest BCUT2D eigenvalue weighted by Gasteiger charge is 2.44. The molecule has 6 nitrogen and oxygen atoms in total. The Balaban J connectivity index is 2.08. The maximum Gasteiger partial charge on any atom is 0.426 e. The topological polar surface area (TPSA) is 70.1 Å². The van der Waals surface area contributed by atoms with Crippen LogP contribution in [0.5, 0.6) is 0 Å². The number of hydrogen-bond donors (Lipinski definition) is 1. The number of hydrazine groups is 1. The summed E-state index contributed by atoms with van der Waals surface area (Å²) in [6.07, 6.45) is 9.97. The quantitative estimate of drug-likeness (QED) is 0.481. The molecule has 1 aromatic carbocycles. The number of rotatable bonds is 6. The van der Waals surface area contributed by atoms with E-state index in [1.54, 1.807) is 24.3 Å². The minimum atomic E-state index is -1.18. The van der Waals surface area contributed by atoms with Crippen molar-refractivity contribution in [1.82, 2.24) is 10.0 Å². The Bertz CT molecular complexity index is 747. The van der Waals surface area contributed by atoms with Crippen LogP contribution in [0.15, 0.2) is 24.3 Å². The number of carbonyl (C=O) groups is 2. The van der Waals surface area contributed by atoms with E-state index in [9.17, 15) is 14.7 Å². The number of ether oxygens (including phenoxy) is 1. The first-order valence-corrected chi connectivity index (χ1v) is 12.3. The predicted octanol–water partition coefficient (Wildman–Crippen LogP) is 6.59. The van der Waals surface area contributed by atoms with Crippen LogP contribution in [-0.2, 0) is 9.53 Å². The average Bonchev–Trinajstić information content (AvgIpc) is 2.74. The van der Waals surface area contributed by atoms with Crippen LogP contribution < -0.4 is 0 Å². The standard InChI is InChI=1S/C25H37ClN2O4/c1-25(2,3)32-24(31)28(22(23(29)30)18-14-16-19(26)17-15-18)27(20-10-6-4-7-11-20)21-12-8-5-9-13-21/h14-17,20-22H,4-13H2,1-3H3,(H,29,30). The van der Waals surface area contributed by atoms with Crippen molar-refractivity contribution in [2.24, 2.45) is 0 Å². The molecule has 0 bridgehead atoms. The summed E-state index contributed by atoms with van der Waals surface area (Å²) >= 11 is 6.07. The van der Waals surface area contributed by atoms with Crippen LogP contribution in [-0.4, -0.2) is 44.9 Å². The Morgan fingerprint density at radius 2 is 1.41 bits per heavy atom. The number of carboxylic acid groups (broad SMARTS) is 1. The summed E-state index contributed by atoms with van der Waals surface area (Å²) < 4.78 is 5.79. The minimum absolute atomic E-state index is 0.133. The van der Waals surface area contributed by atoms with Gasteiger partial charge >= 0.3 is 12.1 Å². The second-order valence-corrected chi connectivity index (χ2v) is 10.5. The molecule has 0 aliphatic heterocycles. The molecule has 0 aromatic heterocycles. The van der Waals surface area contributed by atoms with E-state index >= 15 is 0 Å². The lowest BCUT2D eigenvalue weighted by Gasteiger charge is -2.49. The van der Waals surface area contributed by atoms with E-state index in [1.807, 2.05) is 20.8 Å². The molecule has 0 spiro atoms. The van der Waals surface area contributed by atoms with Gasteiger partial charge in [0.05, 0.1) is 0 Å². The molecule has 0 heterocycles. The number of hydrogen-bond acceptors (Lipinski definition) is 4. The molecule has 2 aliphatic rings. The van der Waals surface area contributed by atoms with E-state index in [4.69, 9.17) is 16.3 Å². The van der Waals surface area contributed by atoms with Gasteiger partial charge in [-0.05, 0) is 64.2 Å². The lowest BCUT2D eigenvalue weighted by atomic mass is 9.89. The van der Waals surface area contributed by atoms with Crippen LogP contribution in [0.3, 0.4) is 0 Å². The first kappa shape index (κ1) is 24.8. The number of amides is 1. The zero-order valence-electron chi connectivity index (χ0n) is 19.6. The molecule has 1 atom stereocenters. The van der Waals surface area contributed by atoms with Crippen molar-refractivity contribution in [1.29, 1.82) is 0 Å². The molecule has 32 heavy (non-hydrogen) atoms. The smallest absolute Gasteiger partial charge is 0.426 e. The van der Waals surface area contributed by atoms with E-state index in [0.29, 0.717) is 10.6 Å². The lowest BCUT2D eigenvalue weighted by Crippen LogP contribution is -2.60. The molecular weight excluding hydrogens is 428 g/mol. The Morgan fingerprint density at radius 1 is 0.938 bits per heavy atom. The molecule has 7 heteroatoms. The van der Waals surface area contributed by atoms with Gasteiger partial charge in [0.15, 0.2) is 6.04 Å². The van der Waals surface area contributed by atoms with Crippen LogP contribution in [0.2, 0.25) is 5.02 Å². The summed E-state index contributed by atoms with van der Waals surface area (Å²) in [7, 11) is 0. The van der Waals surface area contributed by atoms with Crippen LogP contribution in [0.4, 0.5) is 4.79 Å². The molecule has 1 unspecified atom stereocenters. The van der Waals surface area contributed by atoms with Gasteiger partial charge in [-0.15, -0.1) is 0 Å². The molecule has 1 N–H and O–H groups in total. The van der Waals surface area contributed by atoms with Gasteiger partial charge < -0.3 is 9.84 Å². The SMILES string of the molecule is CC(C)(C)OC(=O)N(C(C(=O)O)c1ccc(Cl)cc1)N(C1CCCCC1)C1CCCCC1. The molecule has 178 valence electrons. The lowest BCUT2D eigenvalue weighted by molar-refractivity contribution is -0.165. The number of halogens is 1. The molecule has 3 rings (SSSR count). The van der Waals surface area contributed by atoms with Gasteiger partial charge in [-0.3, -0.25) is 0 Å². The zero-order chi connectivity index (χ0) is 23.3. The summed E-state index contributed by atoms with van der Waals surface area (Å²) in [4.78, 5) is 26.3. The highest BCUT2D eigenvalue weighted by molar-refractivity contribution is 6.30. The van der Waals surface area contributed by atoms with Gasteiger partial charge in [-0.25, -0.2) is 19.6 Å². The Kier molecular flexibility index (Phi) is 8.45. The Morgan fingerprint density at radius 3 is 1.81 bits per heavy atom. The van der Waals surface area contributed by atoms with Gasteiger partial charge in [0.25, 0.3) is 0 Å². The summed E-state index contributed by atoms with van der Waals surface area (Å²) in [5.41, 5.74) is -0.215. The summed E-state index contributed by atoms with van der Waals surface area (Å²) in [6, 6.07) is 5.82. The molecule has 0 radical (unpaired) electrons. The molecule has 2 fully saturated rings. The largest absolute Gasteiger partial charge is 0.479 e. The predicted molar refractivity (Wildman–Crippen MR) is 125 cm³/mol. The van der Waals surface area contributed by atoms with Crippen molar-refractivity contribution in [3.63, 3.8) is 0 Å². The van der Waals surface area contributed by atoms with Gasteiger partial charge in [-0.1, -0.05) is 62.3 Å². The molecule has 1 amide bonds. The highest BCUT2D eigenvalue weighted by Crippen LogP contribution is 2.36. The van der Waals surface area contributed by atoms with E-state index in [0.717, 1.165) is 51.4 Å². The van der Waals surface area contributed by atoms with E-state index in [-0.39, 0.29) is 12.1 Å². The van der Waals surface area contributed by atoms with Gasteiger partial charge in [0.1, 0.15) is 5.60 Å². The van der Waals surface area contributed by atoms with Crippen LogP contribution in [0.1, 0.15) is 96.6 Å². The summed E-state index contributed by atoms with van der Waals surface area (Å²) in [5, 5.41) is 14.4. The summed E-state index contributed by atoms with van der Waals surface area (Å²) in [5.74, 6) is -1.07. The third kappa shape index (κ3) is 6.38. The van der Waals surface area contributed by atoms with Crippen molar-refractivity contribution >= 4 is 23.7 Å². The van der Waals surface area contributed by atoms with E-state index in [2.05, 4.69) is 5.01 Å². The van der Waals surface area contributed by atoms with Crippen molar-refractivity contribution in [3.8, 4) is 0 Å². The summed E-state index contributed by atoms with van der Waals surface area (Å²) in [6.45, 7) is 5.44. The van der Waals surface area contributed by atoms with Crippen LogP contribution in [0.25, 0.3) is 0 Å². The van der Waals surface area contributed by atoms with Crippen LogP contribution in [0, 0.1) is 0 Å². The molecule has 1 aromatic rings. The highest BCUT2D eigenvalue weighted by atomic mass is 35.5.